The summed E-state index contributed by atoms with van der Waals surface area (Å²) in [5.41, 5.74) is -0.722. The Balaban J connectivity index is 3.08. The molecule has 78 valence electrons. The van der Waals surface area contributed by atoms with Gasteiger partial charge < -0.3 is 14.6 Å². The number of hydrogen-bond acceptors (Lipinski definition) is 3. The second-order valence-corrected chi connectivity index (χ2v) is 4.87. The Morgan fingerprint density at radius 3 is 1.38 bits per heavy atom. The van der Waals surface area contributed by atoms with E-state index in [2.05, 4.69) is 0 Å². The minimum Gasteiger partial charge on any atom is -0.392 e. The van der Waals surface area contributed by atoms with Crippen molar-refractivity contribution in [2.24, 2.45) is 10.8 Å². The average Bonchev–Trinajstić information content (AvgIpc) is 2.05. The molecule has 0 atom stereocenters. The van der Waals surface area contributed by atoms with Gasteiger partial charge >= 0.3 is 0 Å². The molecule has 0 aromatic rings. The molecule has 1 saturated carbocycles. The first kappa shape index (κ1) is 11.0. The maximum atomic E-state index is 9.94. The Hall–Kier alpha value is -0.120. The van der Waals surface area contributed by atoms with Crippen molar-refractivity contribution in [1.82, 2.24) is 0 Å². The van der Waals surface area contributed by atoms with Crippen LogP contribution in [0.4, 0.5) is 0 Å². The standard InChI is InChI=1S/C10H20O3/c1-8(2)7(11)9(3,4)10(8,12-5)13-6/h7,11H,1-6H3. The second-order valence-electron chi connectivity index (χ2n) is 4.87. The molecule has 1 aliphatic carbocycles. The zero-order chi connectivity index (χ0) is 10.5. The molecule has 0 radical (unpaired) electrons. The van der Waals surface area contributed by atoms with Crippen molar-refractivity contribution in [1.29, 1.82) is 0 Å². The van der Waals surface area contributed by atoms with Crippen LogP contribution in [0.2, 0.25) is 0 Å². The number of aliphatic hydroxyl groups is 1. The summed E-state index contributed by atoms with van der Waals surface area (Å²) >= 11 is 0. The highest BCUT2D eigenvalue weighted by atomic mass is 16.7. The van der Waals surface area contributed by atoms with Crippen LogP contribution in [0.1, 0.15) is 27.7 Å². The van der Waals surface area contributed by atoms with E-state index in [1.165, 1.54) is 0 Å². The molecule has 0 aromatic carbocycles. The molecule has 3 nitrogen and oxygen atoms in total. The van der Waals surface area contributed by atoms with Crippen LogP contribution in [0.15, 0.2) is 0 Å². The summed E-state index contributed by atoms with van der Waals surface area (Å²) in [5, 5.41) is 9.94. The first-order valence-corrected chi connectivity index (χ1v) is 4.56. The molecule has 1 N–H and O–H groups in total. The summed E-state index contributed by atoms with van der Waals surface area (Å²) in [6, 6.07) is 0. The van der Waals surface area contributed by atoms with Gasteiger partial charge in [0.05, 0.1) is 6.10 Å². The van der Waals surface area contributed by atoms with Gasteiger partial charge in [0.1, 0.15) is 0 Å². The quantitative estimate of drug-likeness (QED) is 0.666. The molecule has 13 heavy (non-hydrogen) atoms. The lowest BCUT2D eigenvalue weighted by Gasteiger charge is -2.67. The molecule has 1 rings (SSSR count). The average molecular weight is 188 g/mol. The van der Waals surface area contributed by atoms with Crippen molar-refractivity contribution in [2.75, 3.05) is 14.2 Å². The number of hydrogen-bond donors (Lipinski definition) is 1. The third-order valence-corrected chi connectivity index (χ3v) is 3.64. The Labute approximate surface area is 80.0 Å². The fourth-order valence-corrected chi connectivity index (χ4v) is 3.15. The van der Waals surface area contributed by atoms with Gasteiger partial charge in [0.2, 0.25) is 0 Å². The van der Waals surface area contributed by atoms with Crippen LogP contribution in [0.3, 0.4) is 0 Å². The topological polar surface area (TPSA) is 38.7 Å². The van der Waals surface area contributed by atoms with E-state index in [0.717, 1.165) is 0 Å². The lowest BCUT2D eigenvalue weighted by atomic mass is 9.48. The van der Waals surface area contributed by atoms with E-state index in [0.29, 0.717) is 0 Å². The minimum absolute atomic E-state index is 0.361. The monoisotopic (exact) mass is 188 g/mol. The third-order valence-electron chi connectivity index (χ3n) is 3.64. The largest absolute Gasteiger partial charge is 0.392 e. The van der Waals surface area contributed by atoms with Crippen LogP contribution >= 0.6 is 0 Å². The zero-order valence-corrected chi connectivity index (χ0v) is 9.34. The van der Waals surface area contributed by atoms with Crippen LogP contribution in [-0.2, 0) is 9.47 Å². The van der Waals surface area contributed by atoms with Gasteiger partial charge in [0.25, 0.3) is 0 Å². The summed E-state index contributed by atoms with van der Waals surface area (Å²) in [5.74, 6) is -0.681. The van der Waals surface area contributed by atoms with Crippen LogP contribution in [0.25, 0.3) is 0 Å². The highest BCUT2D eigenvalue weighted by molar-refractivity contribution is 5.16. The summed E-state index contributed by atoms with van der Waals surface area (Å²) in [4.78, 5) is 0. The first-order valence-electron chi connectivity index (χ1n) is 4.56. The van der Waals surface area contributed by atoms with Gasteiger partial charge in [-0.1, -0.05) is 27.7 Å². The van der Waals surface area contributed by atoms with Gasteiger partial charge in [0, 0.05) is 25.0 Å². The normalized spacial score (nSPS) is 29.8. The van der Waals surface area contributed by atoms with Crippen molar-refractivity contribution in [3.8, 4) is 0 Å². The molecule has 1 fully saturated rings. The van der Waals surface area contributed by atoms with E-state index < -0.39 is 11.9 Å². The highest BCUT2D eigenvalue weighted by Gasteiger charge is 2.73. The van der Waals surface area contributed by atoms with Gasteiger partial charge in [-0.15, -0.1) is 0 Å². The Morgan fingerprint density at radius 2 is 1.23 bits per heavy atom. The predicted octanol–water partition coefficient (Wildman–Crippen LogP) is 1.40. The lowest BCUT2D eigenvalue weighted by molar-refractivity contribution is -0.429. The molecule has 0 aliphatic heterocycles. The predicted molar refractivity (Wildman–Crippen MR) is 50.3 cm³/mol. The highest BCUT2D eigenvalue weighted by Crippen LogP contribution is 2.63. The SMILES string of the molecule is COC1(OC)C(C)(C)C(O)C1(C)C. The Kier molecular flexibility index (Phi) is 2.26. The van der Waals surface area contributed by atoms with E-state index in [1.54, 1.807) is 14.2 Å². The molecule has 0 unspecified atom stereocenters. The van der Waals surface area contributed by atoms with Crippen molar-refractivity contribution >= 4 is 0 Å². The maximum Gasteiger partial charge on any atom is 0.182 e. The van der Waals surface area contributed by atoms with E-state index in [4.69, 9.17) is 9.47 Å². The smallest absolute Gasteiger partial charge is 0.182 e. The van der Waals surface area contributed by atoms with Crippen molar-refractivity contribution in [3.63, 3.8) is 0 Å². The third kappa shape index (κ3) is 0.901. The van der Waals surface area contributed by atoms with Gasteiger partial charge in [-0.3, -0.25) is 0 Å². The van der Waals surface area contributed by atoms with Gasteiger partial charge in [-0.2, -0.15) is 0 Å². The number of methoxy groups -OCH3 is 2. The molecule has 0 bridgehead atoms. The molecule has 0 saturated heterocycles. The van der Waals surface area contributed by atoms with Crippen molar-refractivity contribution in [2.45, 2.75) is 39.6 Å². The summed E-state index contributed by atoms with van der Waals surface area (Å²) < 4.78 is 10.9. The van der Waals surface area contributed by atoms with Gasteiger partial charge in [-0.05, 0) is 0 Å². The molecule has 0 amide bonds. The Morgan fingerprint density at radius 1 is 0.923 bits per heavy atom. The number of aliphatic hydroxyl groups excluding tert-OH is 1. The van der Waals surface area contributed by atoms with Crippen molar-refractivity contribution < 1.29 is 14.6 Å². The maximum absolute atomic E-state index is 9.94. The zero-order valence-electron chi connectivity index (χ0n) is 9.34. The molecular weight excluding hydrogens is 168 g/mol. The lowest BCUT2D eigenvalue weighted by Crippen LogP contribution is -2.77. The molecule has 0 spiro atoms. The molecule has 0 heterocycles. The minimum atomic E-state index is -0.681. The van der Waals surface area contributed by atoms with Gasteiger partial charge in [0.15, 0.2) is 5.79 Å². The van der Waals surface area contributed by atoms with E-state index >= 15 is 0 Å². The first-order chi connectivity index (χ1) is 5.78. The van der Waals surface area contributed by atoms with Gasteiger partial charge in [-0.25, -0.2) is 0 Å². The number of ether oxygens (including phenoxy) is 2. The van der Waals surface area contributed by atoms with Crippen LogP contribution in [-0.4, -0.2) is 31.2 Å². The molecule has 0 aromatic heterocycles. The van der Waals surface area contributed by atoms with E-state index in [9.17, 15) is 5.11 Å². The molecule has 1 aliphatic rings. The van der Waals surface area contributed by atoms with Crippen molar-refractivity contribution in [3.05, 3.63) is 0 Å². The Bertz CT molecular complexity index is 186. The fraction of sp³-hybridized carbons (Fsp3) is 1.00. The van der Waals surface area contributed by atoms with E-state index in [-0.39, 0.29) is 10.8 Å². The number of rotatable bonds is 2. The molecular formula is C10H20O3. The summed E-state index contributed by atoms with van der Waals surface area (Å²) in [6.45, 7) is 7.82. The second kappa shape index (κ2) is 2.69. The fourth-order valence-electron chi connectivity index (χ4n) is 3.15. The van der Waals surface area contributed by atoms with Crippen LogP contribution in [0, 0.1) is 10.8 Å². The van der Waals surface area contributed by atoms with E-state index in [1.807, 2.05) is 27.7 Å². The van der Waals surface area contributed by atoms with Crippen LogP contribution in [0.5, 0.6) is 0 Å². The molecule has 3 heteroatoms. The summed E-state index contributed by atoms with van der Waals surface area (Å²) in [7, 11) is 3.25. The van der Waals surface area contributed by atoms with Crippen LogP contribution < -0.4 is 0 Å². The summed E-state index contributed by atoms with van der Waals surface area (Å²) in [6.07, 6.45) is -0.403.